The molecule has 1 aliphatic heterocycles. The molecule has 2 N–H and O–H groups in total. The highest BCUT2D eigenvalue weighted by Gasteiger charge is 2.33. The van der Waals surface area contributed by atoms with Crippen LogP contribution in [0.4, 0.5) is 0 Å². The molecule has 1 saturated heterocycles. The summed E-state index contributed by atoms with van der Waals surface area (Å²) >= 11 is 0. The highest BCUT2D eigenvalue weighted by Crippen LogP contribution is 2.13. The summed E-state index contributed by atoms with van der Waals surface area (Å²) in [7, 11) is 0. The number of carbonyl (C=O) groups excluding carboxylic acids is 1. The Kier molecular flexibility index (Phi) is 3.85. The summed E-state index contributed by atoms with van der Waals surface area (Å²) in [5, 5.41) is 11.4. The zero-order valence-electron chi connectivity index (χ0n) is 8.77. The largest absolute Gasteiger partial charge is 0.481 e. The van der Waals surface area contributed by atoms with Gasteiger partial charge in [-0.05, 0) is 6.92 Å². The van der Waals surface area contributed by atoms with E-state index in [1.54, 1.807) is 6.08 Å². The quantitative estimate of drug-likeness (QED) is 0.635. The maximum Gasteiger partial charge on any atom is 0.305 e. The topological polar surface area (TPSA) is 69.6 Å². The Labute approximate surface area is 88.8 Å². The lowest BCUT2D eigenvalue weighted by molar-refractivity contribution is -0.143. The third kappa shape index (κ3) is 2.79. The summed E-state index contributed by atoms with van der Waals surface area (Å²) in [5.74, 6) is -1.17. The summed E-state index contributed by atoms with van der Waals surface area (Å²) in [5.41, 5.74) is 0. The van der Waals surface area contributed by atoms with E-state index in [2.05, 4.69) is 11.9 Å². The van der Waals surface area contributed by atoms with Gasteiger partial charge in [0, 0.05) is 19.1 Å². The average molecular weight is 212 g/mol. The van der Waals surface area contributed by atoms with E-state index in [4.69, 9.17) is 5.11 Å². The molecule has 1 heterocycles. The molecule has 15 heavy (non-hydrogen) atoms. The first kappa shape index (κ1) is 11.7. The maximum absolute atomic E-state index is 11.5. The van der Waals surface area contributed by atoms with Gasteiger partial charge in [-0.1, -0.05) is 6.08 Å². The van der Waals surface area contributed by atoms with Gasteiger partial charge in [0.15, 0.2) is 0 Å². The van der Waals surface area contributed by atoms with E-state index in [1.807, 2.05) is 11.8 Å². The van der Waals surface area contributed by atoms with Crippen LogP contribution in [0.1, 0.15) is 13.3 Å². The van der Waals surface area contributed by atoms with Crippen LogP contribution < -0.4 is 5.32 Å². The van der Waals surface area contributed by atoms with E-state index < -0.39 is 12.0 Å². The lowest BCUT2D eigenvalue weighted by atomic mass is 10.1. The van der Waals surface area contributed by atoms with Crippen LogP contribution in [-0.2, 0) is 9.59 Å². The molecule has 1 amide bonds. The fourth-order valence-electron chi connectivity index (χ4n) is 1.73. The van der Waals surface area contributed by atoms with Gasteiger partial charge in [-0.25, -0.2) is 0 Å². The van der Waals surface area contributed by atoms with Gasteiger partial charge in [-0.15, -0.1) is 6.58 Å². The Morgan fingerprint density at radius 3 is 3.07 bits per heavy atom. The summed E-state index contributed by atoms with van der Waals surface area (Å²) in [4.78, 5) is 24.0. The normalized spacial score (nSPS) is 24.3. The minimum Gasteiger partial charge on any atom is -0.481 e. The molecule has 84 valence electrons. The zero-order chi connectivity index (χ0) is 11.4. The number of nitrogens with zero attached hydrogens (tertiary/aromatic N) is 1. The molecule has 0 saturated carbocycles. The maximum atomic E-state index is 11.5. The minimum atomic E-state index is -0.960. The van der Waals surface area contributed by atoms with Crippen LogP contribution in [0.2, 0.25) is 0 Å². The van der Waals surface area contributed by atoms with Crippen LogP contribution in [0.3, 0.4) is 0 Å². The highest BCUT2D eigenvalue weighted by atomic mass is 16.4. The minimum absolute atomic E-state index is 0.0143. The molecular formula is C10H16N2O3. The van der Waals surface area contributed by atoms with Crippen molar-refractivity contribution < 1.29 is 14.7 Å². The van der Waals surface area contributed by atoms with Crippen molar-refractivity contribution >= 4 is 11.9 Å². The van der Waals surface area contributed by atoms with Crippen molar-refractivity contribution in [2.45, 2.75) is 25.4 Å². The average Bonchev–Trinajstić information content (AvgIpc) is 2.19. The van der Waals surface area contributed by atoms with Crippen molar-refractivity contribution in [2.24, 2.45) is 0 Å². The van der Waals surface area contributed by atoms with Crippen molar-refractivity contribution in [1.82, 2.24) is 10.2 Å². The second-order valence-corrected chi connectivity index (χ2v) is 3.62. The number of carboxylic acid groups (broad SMARTS) is 1. The van der Waals surface area contributed by atoms with Crippen LogP contribution in [0.25, 0.3) is 0 Å². The Morgan fingerprint density at radius 1 is 1.87 bits per heavy atom. The molecule has 0 bridgehead atoms. The number of rotatable bonds is 4. The lowest BCUT2D eigenvalue weighted by Gasteiger charge is -2.37. The summed E-state index contributed by atoms with van der Waals surface area (Å²) < 4.78 is 0. The van der Waals surface area contributed by atoms with Crippen molar-refractivity contribution in [3.05, 3.63) is 12.7 Å². The number of hydrogen-bond donors (Lipinski definition) is 2. The molecule has 1 fully saturated rings. The molecule has 2 unspecified atom stereocenters. The number of hydrogen-bond acceptors (Lipinski definition) is 3. The standard InChI is InChI=1S/C10H16N2O3/c1-3-7(2)12-5-4-11-10(15)8(12)6-9(13)14/h3,7-8H,1,4-6H2,2H3,(H,11,15)(H,13,14). The first-order valence-electron chi connectivity index (χ1n) is 4.94. The Morgan fingerprint density at radius 2 is 2.53 bits per heavy atom. The fraction of sp³-hybridized carbons (Fsp3) is 0.600. The van der Waals surface area contributed by atoms with Crippen LogP contribution in [-0.4, -0.2) is 47.1 Å². The van der Waals surface area contributed by atoms with E-state index in [1.165, 1.54) is 0 Å². The second-order valence-electron chi connectivity index (χ2n) is 3.62. The Hall–Kier alpha value is -1.36. The molecule has 2 atom stereocenters. The van der Waals surface area contributed by atoms with E-state index >= 15 is 0 Å². The number of carbonyl (C=O) groups is 2. The lowest BCUT2D eigenvalue weighted by Crippen LogP contribution is -2.58. The van der Waals surface area contributed by atoms with Gasteiger partial charge < -0.3 is 10.4 Å². The van der Waals surface area contributed by atoms with E-state index in [0.717, 1.165) is 0 Å². The molecule has 1 aliphatic rings. The van der Waals surface area contributed by atoms with Gasteiger partial charge >= 0.3 is 5.97 Å². The van der Waals surface area contributed by atoms with Gasteiger partial charge in [-0.3, -0.25) is 14.5 Å². The molecule has 5 nitrogen and oxygen atoms in total. The van der Waals surface area contributed by atoms with Crippen LogP contribution >= 0.6 is 0 Å². The molecule has 0 radical (unpaired) electrons. The fourth-order valence-corrected chi connectivity index (χ4v) is 1.73. The van der Waals surface area contributed by atoms with Crippen molar-refractivity contribution in [1.29, 1.82) is 0 Å². The van der Waals surface area contributed by atoms with Gasteiger partial charge in [0.2, 0.25) is 5.91 Å². The number of carboxylic acids is 1. The van der Waals surface area contributed by atoms with Crippen LogP contribution in [0, 0.1) is 0 Å². The molecule has 5 heteroatoms. The zero-order valence-corrected chi connectivity index (χ0v) is 8.77. The second kappa shape index (κ2) is 4.93. The molecule has 0 spiro atoms. The predicted octanol–water partition coefficient (Wildman–Crippen LogP) is -0.164. The number of piperazine rings is 1. The Balaban J connectivity index is 2.76. The van der Waals surface area contributed by atoms with E-state index in [0.29, 0.717) is 13.1 Å². The summed E-state index contributed by atoms with van der Waals surface area (Å²) in [6.45, 7) is 6.78. The predicted molar refractivity (Wildman–Crippen MR) is 55.4 cm³/mol. The number of nitrogens with one attached hydrogen (secondary N) is 1. The third-order valence-electron chi connectivity index (χ3n) is 2.60. The third-order valence-corrected chi connectivity index (χ3v) is 2.60. The van der Waals surface area contributed by atoms with Crippen molar-refractivity contribution in [3.63, 3.8) is 0 Å². The molecular weight excluding hydrogens is 196 g/mol. The summed E-state index contributed by atoms with van der Waals surface area (Å²) in [6.07, 6.45) is 1.55. The van der Waals surface area contributed by atoms with Gasteiger partial charge in [0.1, 0.15) is 6.04 Å². The highest BCUT2D eigenvalue weighted by molar-refractivity contribution is 5.86. The van der Waals surface area contributed by atoms with Gasteiger partial charge in [0.25, 0.3) is 0 Å². The van der Waals surface area contributed by atoms with E-state index in [9.17, 15) is 9.59 Å². The van der Waals surface area contributed by atoms with Gasteiger partial charge in [0.05, 0.1) is 6.42 Å². The van der Waals surface area contributed by atoms with Gasteiger partial charge in [-0.2, -0.15) is 0 Å². The number of amides is 1. The first-order chi connectivity index (χ1) is 7.06. The van der Waals surface area contributed by atoms with E-state index in [-0.39, 0.29) is 18.4 Å². The Bertz CT molecular complexity index is 278. The molecule has 0 aliphatic carbocycles. The summed E-state index contributed by atoms with van der Waals surface area (Å²) in [6, 6.07) is -0.565. The molecule has 0 aromatic carbocycles. The van der Waals surface area contributed by atoms with Crippen molar-refractivity contribution in [2.75, 3.05) is 13.1 Å². The SMILES string of the molecule is C=CC(C)N1CCNC(=O)C1CC(=O)O. The number of aliphatic carboxylic acids is 1. The molecule has 0 aromatic heterocycles. The molecule has 1 rings (SSSR count). The molecule has 0 aromatic rings. The van der Waals surface area contributed by atoms with Crippen molar-refractivity contribution in [3.8, 4) is 0 Å². The smallest absolute Gasteiger partial charge is 0.305 e. The van der Waals surface area contributed by atoms with Crippen LogP contribution in [0.15, 0.2) is 12.7 Å². The van der Waals surface area contributed by atoms with Crippen LogP contribution in [0.5, 0.6) is 0 Å². The first-order valence-corrected chi connectivity index (χ1v) is 4.94. The monoisotopic (exact) mass is 212 g/mol.